The number of hydrogen-bond donors (Lipinski definition) is 3. The van der Waals surface area contributed by atoms with Crippen LogP contribution in [0.4, 0.5) is 4.79 Å². The molecule has 116 valence electrons. The van der Waals surface area contributed by atoms with Crippen LogP contribution in [-0.2, 0) is 11.3 Å². The summed E-state index contributed by atoms with van der Waals surface area (Å²) >= 11 is 0. The highest BCUT2D eigenvalue weighted by Gasteiger charge is 2.06. The van der Waals surface area contributed by atoms with Crippen molar-refractivity contribution in [3.63, 3.8) is 0 Å². The Balaban J connectivity index is 2.47. The first-order chi connectivity index (χ1) is 10.1. The van der Waals surface area contributed by atoms with E-state index >= 15 is 0 Å². The molecule has 0 aliphatic heterocycles. The normalized spacial score (nSPS) is 9.81. The lowest BCUT2D eigenvalue weighted by Gasteiger charge is -2.11. The second-order valence-corrected chi connectivity index (χ2v) is 4.17. The van der Waals surface area contributed by atoms with Crippen LogP contribution in [0, 0.1) is 0 Å². The second kappa shape index (κ2) is 8.68. The monoisotopic (exact) mass is 296 g/mol. The highest BCUT2D eigenvalue weighted by molar-refractivity contribution is 5.75. The van der Waals surface area contributed by atoms with Crippen LogP contribution in [0.3, 0.4) is 0 Å². The van der Waals surface area contributed by atoms with Gasteiger partial charge in [0.25, 0.3) is 0 Å². The van der Waals surface area contributed by atoms with Gasteiger partial charge in [0.2, 0.25) is 0 Å². The van der Waals surface area contributed by atoms with E-state index in [-0.39, 0.29) is 13.0 Å². The number of nitrogens with one attached hydrogen (secondary N) is 2. The molecule has 0 spiro atoms. The number of carbonyl (C=O) groups is 2. The fraction of sp³-hybridized carbons (Fsp3) is 0.429. The summed E-state index contributed by atoms with van der Waals surface area (Å²) in [4.78, 5) is 21.8. The minimum atomic E-state index is -0.952. The third-order valence-electron chi connectivity index (χ3n) is 2.61. The fourth-order valence-electron chi connectivity index (χ4n) is 1.62. The van der Waals surface area contributed by atoms with E-state index in [1.54, 1.807) is 19.2 Å². The first-order valence-electron chi connectivity index (χ1n) is 6.60. The number of carboxylic acid groups (broad SMARTS) is 1. The van der Waals surface area contributed by atoms with Crippen molar-refractivity contribution in [3.8, 4) is 11.5 Å². The van der Waals surface area contributed by atoms with Gasteiger partial charge in [-0.05, 0) is 24.6 Å². The summed E-state index contributed by atoms with van der Waals surface area (Å²) in [5, 5.41) is 13.6. The number of urea groups is 1. The Kier molecular flexibility index (Phi) is 6.86. The lowest BCUT2D eigenvalue weighted by molar-refractivity contribution is -0.136. The number of carbonyl (C=O) groups excluding carboxylic acids is 1. The van der Waals surface area contributed by atoms with Gasteiger partial charge in [0.05, 0.1) is 20.1 Å². The van der Waals surface area contributed by atoms with Crippen LogP contribution in [0.5, 0.6) is 11.5 Å². The van der Waals surface area contributed by atoms with E-state index < -0.39 is 12.0 Å². The molecule has 0 unspecified atom stereocenters. The predicted octanol–water partition coefficient (Wildman–Crippen LogP) is 1.37. The van der Waals surface area contributed by atoms with Gasteiger partial charge in [-0.15, -0.1) is 0 Å². The molecule has 2 amide bonds. The number of methoxy groups -OCH3 is 1. The molecule has 1 aromatic rings. The van der Waals surface area contributed by atoms with E-state index in [9.17, 15) is 9.59 Å². The van der Waals surface area contributed by atoms with Gasteiger partial charge in [-0.25, -0.2) is 4.79 Å². The molecule has 0 radical (unpaired) electrons. The third kappa shape index (κ3) is 6.03. The zero-order valence-corrected chi connectivity index (χ0v) is 12.1. The summed E-state index contributed by atoms with van der Waals surface area (Å²) in [5.74, 6) is 0.295. The minimum absolute atomic E-state index is 0.0910. The highest BCUT2D eigenvalue weighted by Crippen LogP contribution is 2.27. The van der Waals surface area contributed by atoms with Gasteiger partial charge in [0.15, 0.2) is 11.5 Å². The maximum Gasteiger partial charge on any atom is 0.315 e. The van der Waals surface area contributed by atoms with E-state index in [0.717, 1.165) is 5.56 Å². The summed E-state index contributed by atoms with van der Waals surface area (Å²) in [6.45, 7) is 2.83. The van der Waals surface area contributed by atoms with Crippen LogP contribution < -0.4 is 20.1 Å². The summed E-state index contributed by atoms with van der Waals surface area (Å²) in [6, 6.07) is 4.97. The molecule has 0 atom stereocenters. The number of rotatable bonds is 8. The van der Waals surface area contributed by atoms with Crippen LogP contribution in [-0.4, -0.2) is 37.4 Å². The molecular formula is C14H20N2O5. The summed E-state index contributed by atoms with van der Waals surface area (Å²) < 4.78 is 10.6. The van der Waals surface area contributed by atoms with E-state index in [1.807, 2.05) is 13.0 Å². The number of ether oxygens (including phenoxy) is 2. The van der Waals surface area contributed by atoms with E-state index in [4.69, 9.17) is 14.6 Å². The van der Waals surface area contributed by atoms with Crippen LogP contribution in [0.2, 0.25) is 0 Å². The predicted molar refractivity (Wildman–Crippen MR) is 76.7 cm³/mol. The van der Waals surface area contributed by atoms with Crippen LogP contribution in [0.15, 0.2) is 18.2 Å². The second-order valence-electron chi connectivity index (χ2n) is 4.17. The summed E-state index contributed by atoms with van der Waals surface area (Å²) in [7, 11) is 1.55. The fourth-order valence-corrected chi connectivity index (χ4v) is 1.62. The molecule has 1 aromatic carbocycles. The number of carboxylic acids is 1. The smallest absolute Gasteiger partial charge is 0.315 e. The first-order valence-corrected chi connectivity index (χ1v) is 6.60. The van der Waals surface area contributed by atoms with Crippen LogP contribution in [0.25, 0.3) is 0 Å². The topological polar surface area (TPSA) is 96.9 Å². The Morgan fingerprint density at radius 1 is 1.24 bits per heavy atom. The Labute approximate surface area is 123 Å². The Morgan fingerprint density at radius 2 is 2.00 bits per heavy atom. The molecule has 0 saturated heterocycles. The average Bonchev–Trinajstić information content (AvgIpc) is 2.46. The molecule has 0 heterocycles. The Bertz CT molecular complexity index is 490. The van der Waals surface area contributed by atoms with Gasteiger partial charge in [-0.2, -0.15) is 0 Å². The van der Waals surface area contributed by atoms with Gasteiger partial charge >= 0.3 is 12.0 Å². The number of benzene rings is 1. The van der Waals surface area contributed by atoms with Crippen molar-refractivity contribution < 1.29 is 24.2 Å². The molecule has 0 bridgehead atoms. The van der Waals surface area contributed by atoms with Crippen molar-refractivity contribution in [1.82, 2.24) is 10.6 Å². The van der Waals surface area contributed by atoms with Crippen molar-refractivity contribution >= 4 is 12.0 Å². The number of aliphatic carboxylic acids is 1. The first kappa shape index (κ1) is 16.6. The molecule has 7 nitrogen and oxygen atoms in total. The average molecular weight is 296 g/mol. The van der Waals surface area contributed by atoms with Gasteiger partial charge in [-0.1, -0.05) is 6.07 Å². The minimum Gasteiger partial charge on any atom is -0.493 e. The molecular weight excluding hydrogens is 276 g/mol. The standard InChI is InChI=1S/C14H20N2O5/c1-3-21-11-5-4-10(8-12(11)20-2)9-16-14(19)15-7-6-13(17)18/h4-5,8H,3,6-7,9H2,1-2H3,(H,17,18)(H2,15,16,19). The lowest BCUT2D eigenvalue weighted by Crippen LogP contribution is -2.36. The molecule has 0 aliphatic rings. The zero-order valence-electron chi connectivity index (χ0n) is 12.1. The Hall–Kier alpha value is -2.44. The largest absolute Gasteiger partial charge is 0.493 e. The quantitative estimate of drug-likeness (QED) is 0.673. The maximum atomic E-state index is 11.5. The van der Waals surface area contributed by atoms with Crippen molar-refractivity contribution in [2.24, 2.45) is 0 Å². The van der Waals surface area contributed by atoms with E-state index in [0.29, 0.717) is 24.7 Å². The van der Waals surface area contributed by atoms with Gasteiger partial charge in [-0.3, -0.25) is 4.79 Å². The van der Waals surface area contributed by atoms with Crippen molar-refractivity contribution in [3.05, 3.63) is 23.8 Å². The van der Waals surface area contributed by atoms with Crippen LogP contribution >= 0.6 is 0 Å². The summed E-state index contributed by atoms with van der Waals surface area (Å²) in [5.41, 5.74) is 0.851. The van der Waals surface area contributed by atoms with Crippen molar-refractivity contribution in [1.29, 1.82) is 0 Å². The molecule has 1 rings (SSSR count). The van der Waals surface area contributed by atoms with Gasteiger partial charge < -0.3 is 25.2 Å². The zero-order chi connectivity index (χ0) is 15.7. The van der Waals surface area contributed by atoms with Crippen LogP contribution in [0.1, 0.15) is 18.9 Å². The maximum absolute atomic E-state index is 11.5. The molecule has 0 fully saturated rings. The van der Waals surface area contributed by atoms with Gasteiger partial charge in [0.1, 0.15) is 0 Å². The van der Waals surface area contributed by atoms with Crippen molar-refractivity contribution in [2.75, 3.05) is 20.3 Å². The Morgan fingerprint density at radius 3 is 2.62 bits per heavy atom. The number of hydrogen-bond acceptors (Lipinski definition) is 4. The summed E-state index contributed by atoms with van der Waals surface area (Å²) in [6.07, 6.45) is -0.107. The SMILES string of the molecule is CCOc1ccc(CNC(=O)NCCC(=O)O)cc1OC. The highest BCUT2D eigenvalue weighted by atomic mass is 16.5. The lowest BCUT2D eigenvalue weighted by atomic mass is 10.2. The third-order valence-corrected chi connectivity index (χ3v) is 2.61. The number of amides is 2. The molecule has 0 aromatic heterocycles. The molecule has 3 N–H and O–H groups in total. The molecule has 7 heteroatoms. The molecule has 21 heavy (non-hydrogen) atoms. The van der Waals surface area contributed by atoms with E-state index in [2.05, 4.69) is 10.6 Å². The van der Waals surface area contributed by atoms with Crippen molar-refractivity contribution in [2.45, 2.75) is 19.9 Å². The van der Waals surface area contributed by atoms with Gasteiger partial charge in [0, 0.05) is 13.1 Å². The molecule has 0 saturated carbocycles. The van der Waals surface area contributed by atoms with E-state index in [1.165, 1.54) is 0 Å². The molecule has 0 aliphatic carbocycles.